The van der Waals surface area contributed by atoms with Gasteiger partial charge in [0.15, 0.2) is 0 Å². The topological polar surface area (TPSA) is 97.2 Å². The van der Waals surface area contributed by atoms with Crippen LogP contribution >= 0.6 is 15.9 Å². The fourth-order valence-electron chi connectivity index (χ4n) is 2.59. The minimum Gasteiger partial charge on any atom is -0.463 e. The summed E-state index contributed by atoms with van der Waals surface area (Å²) in [6.45, 7) is 0. The number of furan rings is 1. The Hall–Kier alpha value is -3.65. The largest absolute Gasteiger partial charge is 0.463 e. The minimum absolute atomic E-state index is 0.0187. The third-order valence-electron chi connectivity index (χ3n) is 3.95. The Bertz CT molecular complexity index is 1200. The number of carbonyl (C=O) groups excluding carboxylic acids is 1. The molecule has 0 spiro atoms. The van der Waals surface area contributed by atoms with E-state index < -0.39 is 11.5 Å². The van der Waals surface area contributed by atoms with E-state index >= 15 is 0 Å². The van der Waals surface area contributed by atoms with Gasteiger partial charge < -0.3 is 19.5 Å². The monoisotopic (exact) mass is 451 g/mol. The van der Waals surface area contributed by atoms with Gasteiger partial charge in [0.2, 0.25) is 5.88 Å². The Morgan fingerprint density at radius 2 is 2.00 bits per heavy atom. The molecule has 0 unspecified atom stereocenters. The molecule has 0 atom stereocenters. The van der Waals surface area contributed by atoms with Crippen molar-refractivity contribution in [3.05, 3.63) is 93.5 Å². The number of aromatic amines is 1. The van der Waals surface area contributed by atoms with E-state index in [0.29, 0.717) is 28.8 Å². The van der Waals surface area contributed by atoms with Crippen molar-refractivity contribution in [2.45, 2.75) is 0 Å². The maximum Gasteiger partial charge on any atom is 0.261 e. The van der Waals surface area contributed by atoms with E-state index in [1.807, 2.05) is 18.2 Å². The van der Waals surface area contributed by atoms with Crippen LogP contribution < -0.4 is 15.6 Å². The number of ether oxygens (including phenoxy) is 1. The zero-order valence-electron chi connectivity index (χ0n) is 14.9. The maximum atomic E-state index is 12.4. The van der Waals surface area contributed by atoms with Crippen LogP contribution in [0.25, 0.3) is 11.5 Å². The van der Waals surface area contributed by atoms with E-state index in [1.165, 1.54) is 18.5 Å². The van der Waals surface area contributed by atoms with Crippen molar-refractivity contribution in [3.63, 3.8) is 0 Å². The molecule has 2 N–H and O–H groups in total. The van der Waals surface area contributed by atoms with E-state index in [1.54, 1.807) is 36.4 Å². The van der Waals surface area contributed by atoms with Crippen LogP contribution in [-0.4, -0.2) is 15.9 Å². The molecule has 1 aromatic carbocycles. The second-order valence-electron chi connectivity index (χ2n) is 5.99. The molecular weight excluding hydrogens is 438 g/mol. The van der Waals surface area contributed by atoms with Crippen LogP contribution in [0.2, 0.25) is 0 Å². The third kappa shape index (κ3) is 4.44. The lowest BCUT2D eigenvalue weighted by molar-refractivity contribution is 0.102. The first-order valence-corrected chi connectivity index (χ1v) is 9.36. The lowest BCUT2D eigenvalue weighted by Gasteiger charge is -2.07. The number of rotatable bonds is 5. The molecule has 29 heavy (non-hydrogen) atoms. The molecule has 0 fully saturated rings. The summed E-state index contributed by atoms with van der Waals surface area (Å²) in [5.41, 5.74) is 0.395. The molecule has 0 saturated carbocycles. The first kappa shape index (κ1) is 18.7. The molecule has 0 bridgehead atoms. The van der Waals surface area contributed by atoms with Gasteiger partial charge in [-0.2, -0.15) is 0 Å². The average molecular weight is 452 g/mol. The van der Waals surface area contributed by atoms with Crippen LogP contribution in [0, 0.1) is 0 Å². The normalized spacial score (nSPS) is 10.5. The maximum absolute atomic E-state index is 12.4. The van der Waals surface area contributed by atoms with Gasteiger partial charge >= 0.3 is 0 Å². The Morgan fingerprint density at radius 3 is 2.69 bits per heavy atom. The standard InChI is InChI=1S/C21H14BrN3O4/c22-13-3-1-4-15(11-13)29-19-9-6-14(12-23-19)24-20(26)16-7-8-17(25-21(16)27)18-5-2-10-28-18/h1-12H,(H,24,26)(H,25,27). The molecule has 0 aliphatic heterocycles. The smallest absolute Gasteiger partial charge is 0.261 e. The molecule has 3 aromatic heterocycles. The molecule has 0 radical (unpaired) electrons. The second kappa shape index (κ2) is 8.15. The Balaban J connectivity index is 1.45. The summed E-state index contributed by atoms with van der Waals surface area (Å²) in [4.78, 5) is 31.5. The zero-order chi connectivity index (χ0) is 20.2. The highest BCUT2D eigenvalue weighted by atomic mass is 79.9. The van der Waals surface area contributed by atoms with Crippen LogP contribution in [0.4, 0.5) is 5.69 Å². The summed E-state index contributed by atoms with van der Waals surface area (Å²) in [5, 5.41) is 2.65. The number of nitrogens with one attached hydrogen (secondary N) is 2. The SMILES string of the molecule is O=C(Nc1ccc(Oc2cccc(Br)c2)nc1)c1ccc(-c2ccco2)[nH]c1=O. The molecule has 7 nitrogen and oxygen atoms in total. The number of hydrogen-bond donors (Lipinski definition) is 2. The van der Waals surface area contributed by atoms with Crippen LogP contribution in [-0.2, 0) is 0 Å². The van der Waals surface area contributed by atoms with Gasteiger partial charge in [0.25, 0.3) is 11.5 Å². The number of amides is 1. The second-order valence-corrected chi connectivity index (χ2v) is 6.91. The Kier molecular flexibility index (Phi) is 5.26. The number of aromatic nitrogens is 2. The number of anilines is 1. The zero-order valence-corrected chi connectivity index (χ0v) is 16.5. The van der Waals surface area contributed by atoms with Gasteiger partial charge in [-0.1, -0.05) is 22.0 Å². The third-order valence-corrected chi connectivity index (χ3v) is 4.45. The summed E-state index contributed by atoms with van der Waals surface area (Å²) < 4.78 is 11.8. The first-order chi connectivity index (χ1) is 14.1. The summed E-state index contributed by atoms with van der Waals surface area (Å²) >= 11 is 3.38. The molecule has 4 aromatic rings. The van der Waals surface area contributed by atoms with Gasteiger partial charge in [-0.05, 0) is 48.5 Å². The Morgan fingerprint density at radius 1 is 1.10 bits per heavy atom. The van der Waals surface area contributed by atoms with Gasteiger partial charge in [-0.3, -0.25) is 9.59 Å². The van der Waals surface area contributed by atoms with Gasteiger partial charge in [-0.15, -0.1) is 0 Å². The number of H-pyrrole nitrogens is 1. The first-order valence-electron chi connectivity index (χ1n) is 8.56. The van der Waals surface area contributed by atoms with E-state index in [4.69, 9.17) is 9.15 Å². The van der Waals surface area contributed by atoms with Crippen molar-refractivity contribution in [1.29, 1.82) is 0 Å². The van der Waals surface area contributed by atoms with Crippen molar-refractivity contribution in [2.75, 3.05) is 5.32 Å². The van der Waals surface area contributed by atoms with Crippen LogP contribution in [0.5, 0.6) is 11.6 Å². The van der Waals surface area contributed by atoms with Crippen LogP contribution in [0.3, 0.4) is 0 Å². The number of benzene rings is 1. The highest BCUT2D eigenvalue weighted by Crippen LogP contribution is 2.23. The van der Waals surface area contributed by atoms with E-state index in [0.717, 1.165) is 4.47 Å². The molecule has 8 heteroatoms. The molecule has 0 aliphatic rings. The predicted molar refractivity (Wildman–Crippen MR) is 111 cm³/mol. The van der Waals surface area contributed by atoms with Crippen LogP contribution in [0.15, 0.2) is 86.8 Å². The number of halogens is 1. The molecule has 4 rings (SSSR count). The van der Waals surface area contributed by atoms with Crippen molar-refractivity contribution < 1.29 is 13.9 Å². The highest BCUT2D eigenvalue weighted by Gasteiger charge is 2.13. The lowest BCUT2D eigenvalue weighted by atomic mass is 10.2. The van der Waals surface area contributed by atoms with Crippen molar-refractivity contribution in [3.8, 4) is 23.1 Å². The fraction of sp³-hybridized carbons (Fsp3) is 0. The predicted octanol–water partition coefficient (Wildman–Crippen LogP) is 4.84. The molecular formula is C21H14BrN3O4. The van der Waals surface area contributed by atoms with Gasteiger partial charge in [0, 0.05) is 10.5 Å². The van der Waals surface area contributed by atoms with E-state index in [-0.39, 0.29) is 5.56 Å². The van der Waals surface area contributed by atoms with Crippen molar-refractivity contribution in [2.24, 2.45) is 0 Å². The van der Waals surface area contributed by atoms with E-state index in [9.17, 15) is 9.59 Å². The quantitative estimate of drug-likeness (QED) is 0.452. The van der Waals surface area contributed by atoms with Crippen molar-refractivity contribution >= 4 is 27.5 Å². The summed E-state index contributed by atoms with van der Waals surface area (Å²) in [5.74, 6) is 0.979. The van der Waals surface area contributed by atoms with Gasteiger partial charge in [0.1, 0.15) is 17.1 Å². The summed E-state index contributed by atoms with van der Waals surface area (Å²) in [6, 6.07) is 17.1. The van der Waals surface area contributed by atoms with Crippen LogP contribution in [0.1, 0.15) is 10.4 Å². The van der Waals surface area contributed by atoms with Gasteiger partial charge in [-0.25, -0.2) is 4.98 Å². The molecule has 0 saturated heterocycles. The average Bonchev–Trinajstić information content (AvgIpc) is 3.24. The summed E-state index contributed by atoms with van der Waals surface area (Å²) in [7, 11) is 0. The lowest BCUT2D eigenvalue weighted by Crippen LogP contribution is -2.23. The molecule has 1 amide bonds. The number of nitrogens with zero attached hydrogens (tertiary/aromatic N) is 1. The number of carbonyl (C=O) groups is 1. The highest BCUT2D eigenvalue weighted by molar-refractivity contribution is 9.10. The molecule has 0 aliphatic carbocycles. The Labute approximate surface area is 173 Å². The molecule has 3 heterocycles. The summed E-state index contributed by atoms with van der Waals surface area (Å²) in [6.07, 6.45) is 2.96. The van der Waals surface area contributed by atoms with E-state index in [2.05, 4.69) is 31.2 Å². The van der Waals surface area contributed by atoms with Crippen molar-refractivity contribution in [1.82, 2.24) is 9.97 Å². The number of hydrogen-bond acceptors (Lipinski definition) is 5. The minimum atomic E-state index is -0.542. The molecule has 144 valence electrons. The number of pyridine rings is 2. The van der Waals surface area contributed by atoms with Gasteiger partial charge in [0.05, 0.1) is 23.8 Å². The fourth-order valence-corrected chi connectivity index (χ4v) is 2.97.